The molecule has 12 nitrogen and oxygen atoms in total. The lowest BCUT2D eigenvalue weighted by Gasteiger charge is -2.36. The smallest absolute Gasteiger partial charge is 0.291 e. The lowest BCUT2D eigenvalue weighted by atomic mass is 9.86. The molecule has 1 aliphatic rings. The van der Waals surface area contributed by atoms with Crippen molar-refractivity contribution in [3.8, 4) is 17.0 Å². The van der Waals surface area contributed by atoms with Crippen molar-refractivity contribution in [1.29, 1.82) is 0 Å². The minimum atomic E-state index is -1.14. The van der Waals surface area contributed by atoms with Crippen molar-refractivity contribution in [2.75, 3.05) is 40.1 Å². The van der Waals surface area contributed by atoms with Crippen LogP contribution in [0.25, 0.3) is 11.3 Å². The number of hydrogen-bond acceptors (Lipinski definition) is 7. The normalized spacial score (nSPS) is 15.6. The molecule has 0 radical (unpaired) electrons. The second-order valence-corrected chi connectivity index (χ2v) is 11.5. The third kappa shape index (κ3) is 8.29. The van der Waals surface area contributed by atoms with Crippen LogP contribution in [0.5, 0.6) is 5.75 Å². The molecule has 0 aliphatic heterocycles. The van der Waals surface area contributed by atoms with Crippen LogP contribution < -0.4 is 25.8 Å². The maximum absolute atomic E-state index is 14.6. The molecule has 44 heavy (non-hydrogen) atoms. The topological polar surface area (TPSA) is 154 Å². The molecule has 1 aliphatic carbocycles. The van der Waals surface area contributed by atoms with Crippen LogP contribution in [0, 0.1) is 11.6 Å². The predicted octanol–water partition coefficient (Wildman–Crippen LogP) is 1.73. The number of nitrogens with one attached hydrogen (secondary N) is 3. The zero-order valence-corrected chi connectivity index (χ0v) is 25.5. The Morgan fingerprint density at radius 1 is 1.09 bits per heavy atom. The fourth-order valence-electron chi connectivity index (χ4n) is 4.54. The summed E-state index contributed by atoms with van der Waals surface area (Å²) in [5.41, 5.74) is 0.649. The number of rotatable bonds is 9. The van der Waals surface area contributed by atoms with Crippen LogP contribution in [0.1, 0.15) is 33.8 Å². The number of halogens is 3. The van der Waals surface area contributed by atoms with E-state index in [9.17, 15) is 23.2 Å². The van der Waals surface area contributed by atoms with Gasteiger partial charge in [-0.05, 0) is 43.2 Å². The van der Waals surface area contributed by atoms with E-state index in [2.05, 4.69) is 20.9 Å². The Morgan fingerprint density at radius 3 is 2.32 bits per heavy atom. The van der Waals surface area contributed by atoms with Crippen molar-refractivity contribution >= 4 is 41.5 Å². The number of quaternary nitrogens is 1. The number of amides is 3. The van der Waals surface area contributed by atoms with Crippen LogP contribution >= 0.6 is 11.6 Å². The van der Waals surface area contributed by atoms with Crippen LogP contribution in [-0.2, 0) is 16.6 Å². The largest absolute Gasteiger partial charge is 0.554 e. The molecule has 3 N–H and O–H groups in total. The molecule has 3 aromatic rings. The first-order valence-electron chi connectivity index (χ1n) is 13.3. The van der Waals surface area contributed by atoms with E-state index in [1.54, 1.807) is 0 Å². The summed E-state index contributed by atoms with van der Waals surface area (Å²) < 4.78 is 35.4. The van der Waals surface area contributed by atoms with Gasteiger partial charge in [-0.3, -0.25) is 14.4 Å². The number of likely N-dealkylation sites (N-methyl/N-ethyl adjacent to an activating group) is 1. The SMILES string of the molecule is COc1ccc(-c2cnc(C(=O)Nc3ccc(C(=O)NC4CC(NC(=O)C[N+](C)(C)C)C4)c(Cl)c3)n2C)c(F)c1F.O=C[O-]. The van der Waals surface area contributed by atoms with Crippen LogP contribution in [0.15, 0.2) is 36.5 Å². The van der Waals surface area contributed by atoms with Gasteiger partial charge in [-0.15, -0.1) is 0 Å². The first-order chi connectivity index (χ1) is 20.7. The average Bonchev–Trinajstić information content (AvgIpc) is 3.29. The number of carbonyl (C=O) groups is 4. The molecule has 1 heterocycles. The van der Waals surface area contributed by atoms with Gasteiger partial charge in [0.15, 0.2) is 23.9 Å². The second kappa shape index (κ2) is 14.3. The number of nitrogens with zero attached hydrogens (tertiary/aromatic N) is 3. The van der Waals surface area contributed by atoms with E-state index in [0.717, 1.165) is 0 Å². The number of carboxylic acid groups (broad SMARTS) is 1. The molecule has 1 fully saturated rings. The Labute approximate surface area is 257 Å². The van der Waals surface area contributed by atoms with Crippen LogP contribution in [0.2, 0.25) is 5.02 Å². The summed E-state index contributed by atoms with van der Waals surface area (Å²) in [4.78, 5) is 50.1. The van der Waals surface area contributed by atoms with Gasteiger partial charge in [-0.2, -0.15) is 4.39 Å². The molecule has 0 saturated heterocycles. The summed E-state index contributed by atoms with van der Waals surface area (Å²) in [6.07, 6.45) is 2.51. The molecule has 2 aromatic carbocycles. The first kappa shape index (κ1) is 33.9. The van der Waals surface area contributed by atoms with Crippen LogP contribution in [0.3, 0.4) is 0 Å². The van der Waals surface area contributed by atoms with Gasteiger partial charge in [0.2, 0.25) is 5.82 Å². The van der Waals surface area contributed by atoms with Gasteiger partial charge < -0.3 is 39.6 Å². The van der Waals surface area contributed by atoms with E-state index >= 15 is 0 Å². The van der Waals surface area contributed by atoms with E-state index in [0.29, 0.717) is 29.6 Å². The van der Waals surface area contributed by atoms with Crippen molar-refractivity contribution in [1.82, 2.24) is 20.2 Å². The van der Waals surface area contributed by atoms with E-state index in [-0.39, 0.29) is 57.3 Å². The van der Waals surface area contributed by atoms with Crippen molar-refractivity contribution < 1.29 is 42.3 Å². The number of methoxy groups -OCH3 is 1. The Bertz CT molecular complexity index is 1550. The lowest BCUT2D eigenvalue weighted by molar-refractivity contribution is -0.862. The fourth-order valence-corrected chi connectivity index (χ4v) is 4.81. The van der Waals surface area contributed by atoms with Gasteiger partial charge in [0.1, 0.15) is 0 Å². The zero-order chi connectivity index (χ0) is 32.8. The Kier molecular flexibility index (Phi) is 11.0. The molecule has 0 unspecified atom stereocenters. The molecule has 236 valence electrons. The van der Waals surface area contributed by atoms with Gasteiger partial charge in [-0.25, -0.2) is 9.37 Å². The van der Waals surface area contributed by atoms with Gasteiger partial charge in [-0.1, -0.05) is 11.6 Å². The molecular formula is C29H33ClF2N6O6. The highest BCUT2D eigenvalue weighted by molar-refractivity contribution is 6.34. The monoisotopic (exact) mass is 634 g/mol. The second-order valence-electron chi connectivity index (χ2n) is 11.1. The Hall–Kier alpha value is -4.56. The van der Waals surface area contributed by atoms with E-state index in [1.165, 1.54) is 55.3 Å². The molecule has 3 amide bonds. The van der Waals surface area contributed by atoms with E-state index < -0.39 is 24.0 Å². The Morgan fingerprint density at radius 2 is 1.73 bits per heavy atom. The third-order valence-corrected chi connectivity index (χ3v) is 6.97. The molecular weight excluding hydrogens is 602 g/mol. The summed E-state index contributed by atoms with van der Waals surface area (Å²) in [6, 6.07) is 7.00. The number of aromatic nitrogens is 2. The summed E-state index contributed by atoms with van der Waals surface area (Å²) in [6.45, 7) is -0.130. The summed E-state index contributed by atoms with van der Waals surface area (Å²) in [7, 11) is 8.55. The lowest BCUT2D eigenvalue weighted by Crippen LogP contribution is -2.56. The zero-order valence-electron chi connectivity index (χ0n) is 24.7. The van der Waals surface area contributed by atoms with Crippen LogP contribution in [-0.4, -0.2) is 85.1 Å². The quantitative estimate of drug-likeness (QED) is 0.239. The molecule has 0 bridgehead atoms. The van der Waals surface area contributed by atoms with Crippen molar-refractivity contribution in [2.24, 2.45) is 7.05 Å². The molecule has 15 heteroatoms. The molecule has 1 aromatic heterocycles. The number of imidazole rings is 1. The van der Waals surface area contributed by atoms with Gasteiger partial charge in [0.05, 0.1) is 50.7 Å². The Balaban J connectivity index is 0.00000169. The van der Waals surface area contributed by atoms with Crippen molar-refractivity contribution in [2.45, 2.75) is 24.9 Å². The minimum absolute atomic E-state index is 0.0132. The molecule has 1 saturated carbocycles. The molecule has 0 spiro atoms. The molecule has 4 rings (SSSR count). The van der Waals surface area contributed by atoms with Crippen LogP contribution in [0.4, 0.5) is 14.5 Å². The standard InChI is InChI=1S/C28H31ClF2N6O4.CH2O2/c1-36-21(19-8-9-22(41-5)25(31)24(19)30)13-32-26(36)28(40)34-15-6-7-18(20(29)12-15)27(39)35-17-10-16(11-17)33-23(38)14-37(2,3)4;2-1-3/h6-9,12-13,16-17H,10-11,14H2,1-5H3,(H2-,33,34,35,38,39,40);1H,(H,2,3). The van der Waals surface area contributed by atoms with Gasteiger partial charge >= 0.3 is 0 Å². The van der Waals surface area contributed by atoms with Crippen molar-refractivity contribution in [3.05, 3.63) is 64.6 Å². The highest BCUT2D eigenvalue weighted by Gasteiger charge is 2.33. The average molecular weight is 635 g/mol. The number of anilines is 1. The number of hydrogen-bond donors (Lipinski definition) is 3. The summed E-state index contributed by atoms with van der Waals surface area (Å²) in [5.74, 6) is -3.57. The predicted molar refractivity (Wildman–Crippen MR) is 156 cm³/mol. The number of ether oxygens (including phenoxy) is 1. The van der Waals surface area contributed by atoms with Gasteiger partial charge in [0, 0.05) is 36.9 Å². The summed E-state index contributed by atoms with van der Waals surface area (Å²) >= 11 is 6.35. The third-order valence-electron chi connectivity index (χ3n) is 6.66. The van der Waals surface area contributed by atoms with Gasteiger partial charge in [0.25, 0.3) is 17.7 Å². The number of carbonyl (C=O) groups excluding carboxylic acids is 4. The summed E-state index contributed by atoms with van der Waals surface area (Å²) in [5, 5.41) is 16.9. The van der Waals surface area contributed by atoms with E-state index in [1.807, 2.05) is 21.1 Å². The fraction of sp³-hybridized carbons (Fsp3) is 0.345. The first-order valence-corrected chi connectivity index (χ1v) is 13.7. The number of benzene rings is 2. The van der Waals surface area contributed by atoms with E-state index in [4.69, 9.17) is 26.2 Å². The minimum Gasteiger partial charge on any atom is -0.554 e. The maximum atomic E-state index is 14.6. The highest BCUT2D eigenvalue weighted by atomic mass is 35.5. The molecule has 0 atom stereocenters. The highest BCUT2D eigenvalue weighted by Crippen LogP contribution is 2.30. The maximum Gasteiger partial charge on any atom is 0.291 e. The van der Waals surface area contributed by atoms with Crippen molar-refractivity contribution in [3.63, 3.8) is 0 Å².